The van der Waals surface area contributed by atoms with Crippen LogP contribution in [-0.2, 0) is 0 Å². The number of nitrogens with one attached hydrogen (secondary N) is 2. The average Bonchev–Trinajstić information content (AvgIpc) is 2.72. The molecular weight excluding hydrogens is 240 g/mol. The summed E-state index contributed by atoms with van der Waals surface area (Å²) >= 11 is 0. The predicted octanol–water partition coefficient (Wildman–Crippen LogP) is 3.01. The van der Waals surface area contributed by atoms with Crippen LogP contribution < -0.4 is 10.1 Å². The molecule has 102 valence electrons. The molecule has 0 saturated carbocycles. The fourth-order valence-electron chi connectivity index (χ4n) is 2.18. The van der Waals surface area contributed by atoms with Gasteiger partial charge in [0.1, 0.15) is 5.75 Å². The monoisotopic (exact) mass is 260 g/mol. The summed E-state index contributed by atoms with van der Waals surface area (Å²) in [5, 5.41) is 3.83. The number of ether oxygens (including phenoxy) is 1. The van der Waals surface area contributed by atoms with E-state index in [1.807, 2.05) is 39.0 Å². The van der Waals surface area contributed by atoms with Gasteiger partial charge in [-0.15, -0.1) is 0 Å². The lowest BCUT2D eigenvalue weighted by Crippen LogP contribution is -2.24. The Labute approximate surface area is 113 Å². The van der Waals surface area contributed by atoms with Crippen LogP contribution in [-0.4, -0.2) is 24.0 Å². The Kier molecular flexibility index (Phi) is 4.10. The highest BCUT2D eigenvalue weighted by molar-refractivity contribution is 6.08. The van der Waals surface area contributed by atoms with Gasteiger partial charge in [0.25, 0.3) is 5.91 Å². The van der Waals surface area contributed by atoms with Crippen LogP contribution >= 0.6 is 0 Å². The van der Waals surface area contributed by atoms with Crippen molar-refractivity contribution in [1.29, 1.82) is 0 Å². The molecule has 0 saturated heterocycles. The van der Waals surface area contributed by atoms with E-state index in [0.717, 1.165) is 28.8 Å². The fraction of sp³-hybridized carbons (Fsp3) is 0.400. The SMILES string of the molecule is CCCNC(=O)c1c(C)[nH]c2ccc(OCC)cc12. The van der Waals surface area contributed by atoms with Gasteiger partial charge in [-0.25, -0.2) is 0 Å². The molecule has 0 atom stereocenters. The summed E-state index contributed by atoms with van der Waals surface area (Å²) in [7, 11) is 0. The number of fused-ring (bicyclic) bond motifs is 1. The topological polar surface area (TPSA) is 54.1 Å². The summed E-state index contributed by atoms with van der Waals surface area (Å²) in [5.41, 5.74) is 2.56. The zero-order chi connectivity index (χ0) is 13.8. The van der Waals surface area contributed by atoms with E-state index in [2.05, 4.69) is 10.3 Å². The molecule has 19 heavy (non-hydrogen) atoms. The summed E-state index contributed by atoms with van der Waals surface area (Å²) in [5.74, 6) is 0.762. The second kappa shape index (κ2) is 5.78. The summed E-state index contributed by atoms with van der Waals surface area (Å²) in [6.07, 6.45) is 0.928. The van der Waals surface area contributed by atoms with Crippen LogP contribution in [0.5, 0.6) is 5.75 Å². The zero-order valence-corrected chi connectivity index (χ0v) is 11.7. The molecule has 2 aromatic rings. The van der Waals surface area contributed by atoms with Crippen LogP contribution in [0.4, 0.5) is 0 Å². The van der Waals surface area contributed by atoms with Crippen molar-refractivity contribution in [3.8, 4) is 5.75 Å². The van der Waals surface area contributed by atoms with Crippen molar-refractivity contribution in [3.63, 3.8) is 0 Å². The number of aromatic nitrogens is 1. The Morgan fingerprint density at radius 1 is 1.37 bits per heavy atom. The molecule has 1 aromatic heterocycles. The van der Waals surface area contributed by atoms with Gasteiger partial charge in [0, 0.05) is 23.1 Å². The van der Waals surface area contributed by atoms with E-state index in [-0.39, 0.29) is 5.91 Å². The van der Waals surface area contributed by atoms with Gasteiger partial charge in [-0.05, 0) is 38.5 Å². The van der Waals surface area contributed by atoms with Crippen molar-refractivity contribution in [2.75, 3.05) is 13.2 Å². The van der Waals surface area contributed by atoms with Crippen molar-refractivity contribution in [1.82, 2.24) is 10.3 Å². The highest BCUT2D eigenvalue weighted by Crippen LogP contribution is 2.26. The third kappa shape index (κ3) is 2.72. The smallest absolute Gasteiger partial charge is 0.253 e. The summed E-state index contributed by atoms with van der Waals surface area (Å²) < 4.78 is 5.49. The van der Waals surface area contributed by atoms with Crippen molar-refractivity contribution < 1.29 is 9.53 Å². The molecule has 2 rings (SSSR count). The molecule has 2 N–H and O–H groups in total. The van der Waals surface area contributed by atoms with Crippen molar-refractivity contribution in [2.24, 2.45) is 0 Å². The molecule has 1 heterocycles. The maximum absolute atomic E-state index is 12.2. The van der Waals surface area contributed by atoms with E-state index in [1.54, 1.807) is 0 Å². The Hall–Kier alpha value is -1.97. The zero-order valence-electron chi connectivity index (χ0n) is 11.7. The van der Waals surface area contributed by atoms with Crippen molar-refractivity contribution >= 4 is 16.8 Å². The Bertz CT molecular complexity index is 587. The Morgan fingerprint density at radius 2 is 2.16 bits per heavy atom. The van der Waals surface area contributed by atoms with Gasteiger partial charge in [-0.1, -0.05) is 6.92 Å². The first kappa shape index (κ1) is 13.5. The lowest BCUT2D eigenvalue weighted by atomic mass is 10.1. The average molecular weight is 260 g/mol. The number of aryl methyl sites for hydroxylation is 1. The van der Waals surface area contributed by atoms with Crippen LogP contribution in [0.15, 0.2) is 18.2 Å². The number of hydrogen-bond acceptors (Lipinski definition) is 2. The van der Waals surface area contributed by atoms with E-state index in [0.29, 0.717) is 18.7 Å². The lowest BCUT2D eigenvalue weighted by molar-refractivity contribution is 0.0955. The normalized spacial score (nSPS) is 10.7. The number of aromatic amines is 1. The first-order valence-electron chi connectivity index (χ1n) is 6.70. The van der Waals surface area contributed by atoms with Crippen LogP contribution in [0.1, 0.15) is 36.3 Å². The van der Waals surface area contributed by atoms with Gasteiger partial charge in [0.05, 0.1) is 12.2 Å². The Balaban J connectivity index is 2.43. The molecule has 0 aliphatic heterocycles. The van der Waals surface area contributed by atoms with Crippen molar-refractivity contribution in [3.05, 3.63) is 29.5 Å². The van der Waals surface area contributed by atoms with E-state index >= 15 is 0 Å². The molecule has 0 bridgehead atoms. The van der Waals surface area contributed by atoms with Gasteiger partial charge >= 0.3 is 0 Å². The van der Waals surface area contributed by atoms with Crippen LogP contribution in [0.25, 0.3) is 10.9 Å². The maximum Gasteiger partial charge on any atom is 0.253 e. The standard InChI is InChI=1S/C15H20N2O2/c1-4-8-16-15(18)14-10(3)17-13-7-6-11(19-5-2)9-12(13)14/h6-7,9,17H,4-5,8H2,1-3H3,(H,16,18). The van der Waals surface area contributed by atoms with Gasteiger partial charge in [-0.2, -0.15) is 0 Å². The van der Waals surface area contributed by atoms with Crippen LogP contribution in [0.3, 0.4) is 0 Å². The maximum atomic E-state index is 12.2. The molecule has 0 unspecified atom stereocenters. The second-order valence-corrected chi connectivity index (χ2v) is 4.52. The van der Waals surface area contributed by atoms with Gasteiger partial charge in [-0.3, -0.25) is 4.79 Å². The highest BCUT2D eigenvalue weighted by atomic mass is 16.5. The van der Waals surface area contributed by atoms with Gasteiger partial charge in [0.15, 0.2) is 0 Å². The first-order chi connectivity index (χ1) is 9.17. The van der Waals surface area contributed by atoms with Crippen LogP contribution in [0, 0.1) is 6.92 Å². The largest absolute Gasteiger partial charge is 0.494 e. The molecule has 4 heteroatoms. The molecule has 1 aromatic carbocycles. The predicted molar refractivity (Wildman–Crippen MR) is 76.8 cm³/mol. The first-order valence-corrected chi connectivity index (χ1v) is 6.70. The molecule has 4 nitrogen and oxygen atoms in total. The molecule has 0 spiro atoms. The molecule has 0 aliphatic carbocycles. The van der Waals surface area contributed by atoms with Gasteiger partial charge < -0.3 is 15.0 Å². The number of hydrogen-bond donors (Lipinski definition) is 2. The molecule has 0 radical (unpaired) electrons. The minimum absolute atomic E-state index is 0.0285. The Morgan fingerprint density at radius 3 is 2.84 bits per heavy atom. The molecular formula is C15H20N2O2. The van der Waals surface area contributed by atoms with E-state index in [9.17, 15) is 4.79 Å². The number of benzene rings is 1. The number of H-pyrrole nitrogens is 1. The summed E-state index contributed by atoms with van der Waals surface area (Å²) in [6.45, 7) is 7.21. The fourth-order valence-corrected chi connectivity index (χ4v) is 2.18. The second-order valence-electron chi connectivity index (χ2n) is 4.52. The van der Waals surface area contributed by atoms with E-state index in [4.69, 9.17) is 4.74 Å². The van der Waals surface area contributed by atoms with Crippen molar-refractivity contribution in [2.45, 2.75) is 27.2 Å². The molecule has 0 aliphatic rings. The highest BCUT2D eigenvalue weighted by Gasteiger charge is 2.16. The molecule has 0 fully saturated rings. The van der Waals surface area contributed by atoms with Gasteiger partial charge in [0.2, 0.25) is 0 Å². The summed E-state index contributed by atoms with van der Waals surface area (Å²) in [6, 6.07) is 5.78. The number of carbonyl (C=O) groups is 1. The number of carbonyl (C=O) groups excluding carboxylic acids is 1. The minimum Gasteiger partial charge on any atom is -0.494 e. The quantitative estimate of drug-likeness (QED) is 0.868. The van der Waals surface area contributed by atoms with Crippen LogP contribution in [0.2, 0.25) is 0 Å². The minimum atomic E-state index is -0.0285. The lowest BCUT2D eigenvalue weighted by Gasteiger charge is -2.05. The number of amides is 1. The number of rotatable bonds is 5. The summed E-state index contributed by atoms with van der Waals surface area (Å²) in [4.78, 5) is 15.4. The molecule has 1 amide bonds. The van der Waals surface area contributed by atoms with E-state index < -0.39 is 0 Å². The van der Waals surface area contributed by atoms with E-state index in [1.165, 1.54) is 0 Å². The third-order valence-corrected chi connectivity index (χ3v) is 3.03. The third-order valence-electron chi connectivity index (χ3n) is 3.03.